The van der Waals surface area contributed by atoms with Gasteiger partial charge in [-0.3, -0.25) is 0 Å². The molecule has 3 nitrogen and oxygen atoms in total. The first-order valence-corrected chi connectivity index (χ1v) is 7.74. The molecule has 0 aliphatic carbocycles. The van der Waals surface area contributed by atoms with Crippen LogP contribution in [0.2, 0.25) is 0 Å². The Labute approximate surface area is 128 Å². The van der Waals surface area contributed by atoms with Crippen LogP contribution < -0.4 is 10.2 Å². The second kappa shape index (κ2) is 7.67. The summed E-state index contributed by atoms with van der Waals surface area (Å²) < 4.78 is 0. The van der Waals surface area contributed by atoms with E-state index in [0.717, 1.165) is 37.6 Å². The second-order valence-electron chi connectivity index (χ2n) is 5.29. The molecule has 1 aromatic heterocycles. The second-order valence-corrected chi connectivity index (χ2v) is 5.29. The highest BCUT2D eigenvalue weighted by Gasteiger charge is 2.07. The molecule has 0 saturated carbocycles. The molecule has 21 heavy (non-hydrogen) atoms. The van der Waals surface area contributed by atoms with Gasteiger partial charge >= 0.3 is 0 Å². The van der Waals surface area contributed by atoms with Crippen molar-refractivity contribution in [1.29, 1.82) is 0 Å². The van der Waals surface area contributed by atoms with E-state index in [4.69, 9.17) is 4.98 Å². The minimum absolute atomic E-state index is 0.835. The zero-order valence-corrected chi connectivity index (χ0v) is 13.3. The number of pyridine rings is 1. The molecule has 0 unspecified atom stereocenters. The zero-order valence-electron chi connectivity index (χ0n) is 13.3. The van der Waals surface area contributed by atoms with Gasteiger partial charge in [0.15, 0.2) is 0 Å². The number of nitrogens with zero attached hydrogens (tertiary/aromatic N) is 2. The Morgan fingerprint density at radius 3 is 2.62 bits per heavy atom. The van der Waals surface area contributed by atoms with Crippen molar-refractivity contribution in [3.8, 4) is 0 Å². The lowest BCUT2D eigenvalue weighted by atomic mass is 10.2. The van der Waals surface area contributed by atoms with E-state index < -0.39 is 0 Å². The van der Waals surface area contributed by atoms with Crippen molar-refractivity contribution in [3.05, 3.63) is 53.7 Å². The van der Waals surface area contributed by atoms with Gasteiger partial charge in [0.1, 0.15) is 5.82 Å². The van der Waals surface area contributed by atoms with E-state index in [1.54, 1.807) is 0 Å². The monoisotopic (exact) mass is 283 g/mol. The fourth-order valence-electron chi connectivity index (χ4n) is 2.33. The van der Waals surface area contributed by atoms with Crippen LogP contribution >= 0.6 is 0 Å². The molecular formula is C18H25N3. The fourth-order valence-corrected chi connectivity index (χ4v) is 2.33. The standard InChI is InChI=1S/C18H25N3/c1-4-12-19-18-11-7-9-16(20-18)14-21(5-2)17-10-6-8-15(3)13-17/h6-11,13H,4-5,12,14H2,1-3H3,(H,19,20). The van der Waals surface area contributed by atoms with Crippen LogP contribution in [0.25, 0.3) is 0 Å². The zero-order chi connectivity index (χ0) is 15.1. The smallest absolute Gasteiger partial charge is 0.126 e. The number of aryl methyl sites for hydroxylation is 1. The summed E-state index contributed by atoms with van der Waals surface area (Å²) in [6.07, 6.45) is 1.11. The number of aromatic nitrogens is 1. The SMILES string of the molecule is CCCNc1cccc(CN(CC)c2cccc(C)c2)n1. The van der Waals surface area contributed by atoms with Gasteiger partial charge in [-0.1, -0.05) is 25.1 Å². The lowest BCUT2D eigenvalue weighted by molar-refractivity contribution is 0.808. The van der Waals surface area contributed by atoms with E-state index in [2.05, 4.69) is 67.4 Å². The Balaban J connectivity index is 2.11. The Morgan fingerprint density at radius 2 is 1.90 bits per heavy atom. The van der Waals surface area contributed by atoms with E-state index in [1.807, 2.05) is 6.07 Å². The molecule has 2 rings (SSSR count). The molecule has 0 fully saturated rings. The van der Waals surface area contributed by atoms with Gasteiger partial charge in [0.25, 0.3) is 0 Å². The third kappa shape index (κ3) is 4.48. The van der Waals surface area contributed by atoms with Crippen molar-refractivity contribution in [1.82, 2.24) is 4.98 Å². The summed E-state index contributed by atoms with van der Waals surface area (Å²) in [7, 11) is 0. The molecule has 0 atom stereocenters. The van der Waals surface area contributed by atoms with Gasteiger partial charge < -0.3 is 10.2 Å². The van der Waals surface area contributed by atoms with Gasteiger partial charge in [-0.05, 0) is 50.1 Å². The molecule has 0 spiro atoms. The topological polar surface area (TPSA) is 28.2 Å². The lowest BCUT2D eigenvalue weighted by Gasteiger charge is -2.23. The summed E-state index contributed by atoms with van der Waals surface area (Å²) in [6, 6.07) is 14.8. The predicted octanol–water partition coefficient (Wildman–Crippen LogP) is 4.24. The Kier molecular flexibility index (Phi) is 5.61. The summed E-state index contributed by atoms with van der Waals surface area (Å²) in [5.74, 6) is 0.967. The van der Waals surface area contributed by atoms with Gasteiger partial charge in [-0.2, -0.15) is 0 Å². The summed E-state index contributed by atoms with van der Waals surface area (Å²) >= 11 is 0. The molecule has 0 aliphatic heterocycles. The molecule has 0 aliphatic rings. The van der Waals surface area contributed by atoms with Crippen LogP contribution in [-0.4, -0.2) is 18.1 Å². The maximum Gasteiger partial charge on any atom is 0.126 e. The number of rotatable bonds is 7. The van der Waals surface area contributed by atoms with Crippen LogP contribution in [0.1, 0.15) is 31.5 Å². The molecule has 1 aromatic carbocycles. The van der Waals surface area contributed by atoms with Gasteiger partial charge in [0, 0.05) is 18.8 Å². The largest absolute Gasteiger partial charge is 0.370 e. The molecular weight excluding hydrogens is 258 g/mol. The highest BCUT2D eigenvalue weighted by atomic mass is 15.1. The van der Waals surface area contributed by atoms with E-state index >= 15 is 0 Å². The number of benzene rings is 1. The van der Waals surface area contributed by atoms with Crippen LogP contribution in [0.4, 0.5) is 11.5 Å². The molecule has 0 bridgehead atoms. The van der Waals surface area contributed by atoms with Crippen LogP contribution in [0, 0.1) is 6.92 Å². The van der Waals surface area contributed by atoms with Crippen LogP contribution in [0.15, 0.2) is 42.5 Å². The van der Waals surface area contributed by atoms with Gasteiger partial charge in [0.2, 0.25) is 0 Å². The Bertz CT molecular complexity index is 566. The molecule has 112 valence electrons. The minimum atomic E-state index is 0.835. The summed E-state index contributed by atoms with van der Waals surface area (Å²) in [6.45, 7) is 9.24. The minimum Gasteiger partial charge on any atom is -0.370 e. The van der Waals surface area contributed by atoms with E-state index in [-0.39, 0.29) is 0 Å². The first-order chi connectivity index (χ1) is 10.2. The molecule has 3 heteroatoms. The lowest BCUT2D eigenvalue weighted by Crippen LogP contribution is -2.22. The molecule has 1 N–H and O–H groups in total. The van der Waals surface area contributed by atoms with Crippen molar-refractivity contribution in [3.63, 3.8) is 0 Å². The highest BCUT2D eigenvalue weighted by molar-refractivity contribution is 5.48. The van der Waals surface area contributed by atoms with Crippen molar-refractivity contribution in [2.24, 2.45) is 0 Å². The normalized spacial score (nSPS) is 10.4. The van der Waals surface area contributed by atoms with Crippen LogP contribution in [0.5, 0.6) is 0 Å². The van der Waals surface area contributed by atoms with E-state index in [1.165, 1.54) is 11.3 Å². The summed E-state index contributed by atoms with van der Waals surface area (Å²) in [5, 5.41) is 3.35. The average Bonchev–Trinajstić information content (AvgIpc) is 2.51. The Hall–Kier alpha value is -2.03. The van der Waals surface area contributed by atoms with Crippen molar-refractivity contribution in [2.75, 3.05) is 23.3 Å². The molecule has 0 radical (unpaired) electrons. The molecule has 2 aromatic rings. The van der Waals surface area contributed by atoms with Crippen molar-refractivity contribution in [2.45, 2.75) is 33.7 Å². The molecule has 1 heterocycles. The van der Waals surface area contributed by atoms with Crippen LogP contribution in [0.3, 0.4) is 0 Å². The maximum absolute atomic E-state index is 4.69. The third-order valence-corrected chi connectivity index (χ3v) is 3.46. The number of hydrogen-bond donors (Lipinski definition) is 1. The highest BCUT2D eigenvalue weighted by Crippen LogP contribution is 2.18. The van der Waals surface area contributed by atoms with E-state index in [9.17, 15) is 0 Å². The number of anilines is 2. The number of nitrogens with one attached hydrogen (secondary N) is 1. The molecule has 0 saturated heterocycles. The van der Waals surface area contributed by atoms with Crippen molar-refractivity contribution >= 4 is 11.5 Å². The van der Waals surface area contributed by atoms with Crippen LogP contribution in [-0.2, 0) is 6.54 Å². The maximum atomic E-state index is 4.69. The quantitative estimate of drug-likeness (QED) is 0.824. The Morgan fingerprint density at radius 1 is 1.10 bits per heavy atom. The summed E-state index contributed by atoms with van der Waals surface area (Å²) in [4.78, 5) is 7.04. The third-order valence-electron chi connectivity index (χ3n) is 3.46. The van der Waals surface area contributed by atoms with Gasteiger partial charge in [-0.15, -0.1) is 0 Å². The van der Waals surface area contributed by atoms with Gasteiger partial charge in [0.05, 0.1) is 12.2 Å². The number of hydrogen-bond acceptors (Lipinski definition) is 3. The first kappa shape index (κ1) is 15.4. The average molecular weight is 283 g/mol. The first-order valence-electron chi connectivity index (χ1n) is 7.74. The molecule has 0 amide bonds. The fraction of sp³-hybridized carbons (Fsp3) is 0.389. The summed E-state index contributed by atoms with van der Waals surface area (Å²) in [5.41, 5.74) is 3.64. The van der Waals surface area contributed by atoms with E-state index in [0.29, 0.717) is 0 Å². The van der Waals surface area contributed by atoms with Crippen molar-refractivity contribution < 1.29 is 0 Å². The predicted molar refractivity (Wildman–Crippen MR) is 90.9 cm³/mol. The van der Waals surface area contributed by atoms with Gasteiger partial charge in [-0.25, -0.2) is 4.98 Å².